The number of hydrogen-bond donors (Lipinski definition) is 0. The van der Waals surface area contributed by atoms with Crippen LogP contribution in [0.25, 0.3) is 76.5 Å². The standard InChI is InChI=1S/C56H41N/c1-2-47-48-20-12-13-23-53(48)57(46-18-4-3-5-19-46)56(47)40-28-24-39(25-29-40)43-32-33-51-52(36-43)55(45-31-27-38-15-7-9-17-42(38)35-45)50-22-11-10-21-49(50)54(51)44-30-26-37-14-6-8-16-41(37)34-44/h3-36,47,56H,2H2,1H3. The van der Waals surface area contributed by atoms with Crippen LogP contribution in [0, 0.1) is 0 Å². The van der Waals surface area contributed by atoms with Gasteiger partial charge in [-0.3, -0.25) is 0 Å². The molecule has 1 aliphatic heterocycles. The van der Waals surface area contributed by atoms with Gasteiger partial charge in [0.2, 0.25) is 0 Å². The molecule has 0 bridgehead atoms. The summed E-state index contributed by atoms with van der Waals surface area (Å²) in [7, 11) is 0. The van der Waals surface area contributed by atoms with E-state index in [9.17, 15) is 0 Å². The van der Waals surface area contributed by atoms with E-state index in [1.807, 2.05) is 0 Å². The van der Waals surface area contributed by atoms with Crippen molar-refractivity contribution >= 4 is 54.5 Å². The number of anilines is 2. The van der Waals surface area contributed by atoms with Gasteiger partial charge >= 0.3 is 0 Å². The molecule has 0 aliphatic carbocycles. The molecule has 0 aromatic heterocycles. The maximum atomic E-state index is 2.56. The molecule has 1 heteroatoms. The highest BCUT2D eigenvalue weighted by Gasteiger charge is 2.39. The lowest BCUT2D eigenvalue weighted by molar-refractivity contribution is 0.567. The van der Waals surface area contributed by atoms with Gasteiger partial charge in [-0.25, -0.2) is 0 Å². The lowest BCUT2D eigenvalue weighted by Gasteiger charge is -2.31. The van der Waals surface area contributed by atoms with E-state index in [2.05, 4.69) is 218 Å². The summed E-state index contributed by atoms with van der Waals surface area (Å²) in [4.78, 5) is 2.56. The van der Waals surface area contributed by atoms with Crippen molar-refractivity contribution in [1.29, 1.82) is 0 Å². The maximum absolute atomic E-state index is 2.56. The van der Waals surface area contributed by atoms with Gasteiger partial charge in [0.15, 0.2) is 0 Å². The minimum atomic E-state index is 0.218. The van der Waals surface area contributed by atoms with Gasteiger partial charge in [0.1, 0.15) is 0 Å². The number of benzene rings is 10. The Hall–Kier alpha value is -6.96. The van der Waals surface area contributed by atoms with E-state index >= 15 is 0 Å². The third-order valence-corrected chi connectivity index (χ3v) is 12.4. The number of fused-ring (bicyclic) bond motifs is 5. The smallest absolute Gasteiger partial charge is 0.0660 e. The topological polar surface area (TPSA) is 3.24 Å². The lowest BCUT2D eigenvalue weighted by atomic mass is 9.84. The Balaban J connectivity index is 1.10. The molecule has 10 aromatic carbocycles. The summed E-state index contributed by atoms with van der Waals surface area (Å²) < 4.78 is 0. The van der Waals surface area contributed by atoms with Gasteiger partial charge in [-0.1, -0.05) is 177 Å². The molecule has 10 aromatic rings. The zero-order valence-corrected chi connectivity index (χ0v) is 31.9. The number of para-hydroxylation sites is 2. The predicted octanol–water partition coefficient (Wildman–Crippen LogP) is 15.7. The zero-order valence-electron chi connectivity index (χ0n) is 31.9. The summed E-state index contributed by atoms with van der Waals surface area (Å²) in [5.41, 5.74) is 12.8. The van der Waals surface area contributed by atoms with Gasteiger partial charge in [-0.2, -0.15) is 0 Å². The Labute approximate surface area is 334 Å². The second-order valence-corrected chi connectivity index (χ2v) is 15.5. The first-order chi connectivity index (χ1) is 28.2. The first-order valence-corrected chi connectivity index (χ1v) is 20.2. The third-order valence-electron chi connectivity index (χ3n) is 12.4. The molecule has 11 rings (SSSR count). The van der Waals surface area contributed by atoms with Crippen molar-refractivity contribution in [2.45, 2.75) is 25.3 Å². The van der Waals surface area contributed by atoms with Crippen molar-refractivity contribution in [3.05, 3.63) is 217 Å². The van der Waals surface area contributed by atoms with E-state index in [-0.39, 0.29) is 6.04 Å². The van der Waals surface area contributed by atoms with Crippen molar-refractivity contribution in [3.63, 3.8) is 0 Å². The van der Waals surface area contributed by atoms with Crippen molar-refractivity contribution in [2.75, 3.05) is 4.90 Å². The number of rotatable bonds is 6. The average Bonchev–Trinajstić information content (AvgIpc) is 3.62. The van der Waals surface area contributed by atoms with Gasteiger partial charge in [0.05, 0.1) is 6.04 Å². The molecule has 57 heavy (non-hydrogen) atoms. The molecule has 0 saturated carbocycles. The van der Waals surface area contributed by atoms with Gasteiger partial charge in [-0.15, -0.1) is 0 Å². The summed E-state index contributed by atoms with van der Waals surface area (Å²) in [6.07, 6.45) is 1.07. The largest absolute Gasteiger partial charge is 0.333 e. The van der Waals surface area contributed by atoms with Crippen molar-refractivity contribution < 1.29 is 0 Å². The van der Waals surface area contributed by atoms with Crippen LogP contribution < -0.4 is 4.90 Å². The minimum Gasteiger partial charge on any atom is -0.333 e. The molecular weight excluding hydrogens is 687 g/mol. The fraction of sp³-hybridized carbons (Fsp3) is 0.0714. The molecule has 1 heterocycles. The highest BCUT2D eigenvalue weighted by atomic mass is 15.2. The Morgan fingerprint density at radius 1 is 0.386 bits per heavy atom. The van der Waals surface area contributed by atoms with Gasteiger partial charge in [0, 0.05) is 17.3 Å². The van der Waals surface area contributed by atoms with E-state index in [1.165, 1.54) is 99.0 Å². The van der Waals surface area contributed by atoms with Gasteiger partial charge < -0.3 is 4.90 Å². The molecule has 0 N–H and O–H groups in total. The molecule has 1 aliphatic rings. The highest BCUT2D eigenvalue weighted by molar-refractivity contribution is 6.22. The number of hydrogen-bond acceptors (Lipinski definition) is 1. The van der Waals surface area contributed by atoms with Crippen molar-refractivity contribution in [2.24, 2.45) is 0 Å². The normalized spacial score (nSPS) is 15.1. The summed E-state index contributed by atoms with van der Waals surface area (Å²) in [6, 6.07) is 76.9. The fourth-order valence-corrected chi connectivity index (χ4v) is 9.78. The summed E-state index contributed by atoms with van der Waals surface area (Å²) >= 11 is 0. The van der Waals surface area contributed by atoms with E-state index < -0.39 is 0 Å². The van der Waals surface area contributed by atoms with Gasteiger partial charge in [-0.05, 0) is 130 Å². The Morgan fingerprint density at radius 3 is 1.54 bits per heavy atom. The fourth-order valence-electron chi connectivity index (χ4n) is 9.78. The SMILES string of the molecule is CCC1c2ccccc2N(c2ccccc2)C1c1ccc(-c2ccc3c(-c4ccc5ccccc5c4)c4ccccc4c(-c4ccc5ccccc5c4)c3c2)cc1. The van der Waals surface area contributed by atoms with Crippen LogP contribution in [0.15, 0.2) is 206 Å². The monoisotopic (exact) mass is 727 g/mol. The molecule has 0 radical (unpaired) electrons. The van der Waals surface area contributed by atoms with Crippen LogP contribution in [0.1, 0.15) is 36.4 Å². The molecule has 2 unspecified atom stereocenters. The molecule has 0 saturated heterocycles. The maximum Gasteiger partial charge on any atom is 0.0660 e. The second-order valence-electron chi connectivity index (χ2n) is 15.5. The van der Waals surface area contributed by atoms with Crippen molar-refractivity contribution in [3.8, 4) is 33.4 Å². The molecule has 270 valence electrons. The Morgan fingerprint density at radius 2 is 0.895 bits per heavy atom. The molecule has 1 nitrogen and oxygen atoms in total. The second kappa shape index (κ2) is 13.7. The van der Waals surface area contributed by atoms with Crippen LogP contribution in [-0.4, -0.2) is 0 Å². The third kappa shape index (κ3) is 5.53. The summed E-state index contributed by atoms with van der Waals surface area (Å²) in [5, 5.41) is 10.1. The highest BCUT2D eigenvalue weighted by Crippen LogP contribution is 2.54. The molecule has 0 amide bonds. The Bertz CT molecular complexity index is 3120. The predicted molar refractivity (Wildman–Crippen MR) is 244 cm³/mol. The van der Waals surface area contributed by atoms with Crippen LogP contribution in [0.3, 0.4) is 0 Å². The molecular formula is C56H41N. The van der Waals surface area contributed by atoms with Gasteiger partial charge in [0.25, 0.3) is 0 Å². The molecule has 2 atom stereocenters. The average molecular weight is 728 g/mol. The first-order valence-electron chi connectivity index (χ1n) is 20.2. The minimum absolute atomic E-state index is 0.218. The van der Waals surface area contributed by atoms with E-state index in [4.69, 9.17) is 0 Å². The first kappa shape index (κ1) is 33.4. The van der Waals surface area contributed by atoms with Crippen LogP contribution in [0.2, 0.25) is 0 Å². The van der Waals surface area contributed by atoms with Crippen LogP contribution in [0.4, 0.5) is 11.4 Å². The quantitative estimate of drug-likeness (QED) is 0.154. The number of nitrogens with zero attached hydrogens (tertiary/aromatic N) is 1. The van der Waals surface area contributed by atoms with E-state index in [1.54, 1.807) is 0 Å². The summed E-state index contributed by atoms with van der Waals surface area (Å²) in [6.45, 7) is 2.33. The molecule has 0 fully saturated rings. The van der Waals surface area contributed by atoms with Crippen LogP contribution in [-0.2, 0) is 0 Å². The van der Waals surface area contributed by atoms with Crippen molar-refractivity contribution in [1.82, 2.24) is 0 Å². The lowest BCUT2D eigenvalue weighted by Crippen LogP contribution is -2.22. The van der Waals surface area contributed by atoms with Crippen LogP contribution >= 0.6 is 0 Å². The zero-order chi connectivity index (χ0) is 37.9. The summed E-state index contributed by atoms with van der Waals surface area (Å²) in [5.74, 6) is 0.402. The Kier molecular flexibility index (Phi) is 8.00. The molecule has 0 spiro atoms. The van der Waals surface area contributed by atoms with Crippen LogP contribution in [0.5, 0.6) is 0 Å². The van der Waals surface area contributed by atoms with E-state index in [0.29, 0.717) is 5.92 Å². The van der Waals surface area contributed by atoms with E-state index in [0.717, 1.165) is 6.42 Å².